The van der Waals surface area contributed by atoms with Crippen LogP contribution in [0, 0.1) is 12.3 Å². The summed E-state index contributed by atoms with van der Waals surface area (Å²) in [5.41, 5.74) is 5.92. The Balaban J connectivity index is 1.50. The molecule has 2 N–H and O–H groups in total. The predicted octanol–water partition coefficient (Wildman–Crippen LogP) is 7.48. The highest BCUT2D eigenvalue weighted by atomic mass is 79.9. The first-order valence-electron chi connectivity index (χ1n) is 11.1. The van der Waals surface area contributed by atoms with Gasteiger partial charge in [0.15, 0.2) is 5.78 Å². The lowest BCUT2D eigenvalue weighted by molar-refractivity contribution is 0.103. The number of carbonyl (C=O) groups excluding carboxylic acids is 1. The molecule has 35 heavy (non-hydrogen) atoms. The van der Waals surface area contributed by atoms with Crippen molar-refractivity contribution < 1.29 is 9.90 Å². The lowest BCUT2D eigenvalue weighted by Crippen LogP contribution is -2.20. The van der Waals surface area contributed by atoms with Gasteiger partial charge in [-0.3, -0.25) is 4.79 Å². The fourth-order valence-corrected chi connectivity index (χ4v) is 4.41. The average Bonchev–Trinajstić information content (AvgIpc) is 2.91. The van der Waals surface area contributed by atoms with Crippen molar-refractivity contribution in [2.75, 3.05) is 16.8 Å². The maximum absolute atomic E-state index is 13.3. The van der Waals surface area contributed by atoms with Gasteiger partial charge in [-0.2, -0.15) is 0 Å². The number of anilines is 4. The van der Waals surface area contributed by atoms with Crippen LogP contribution in [-0.2, 0) is 0 Å². The summed E-state index contributed by atoms with van der Waals surface area (Å²) < 4.78 is 0.987. The third-order valence-corrected chi connectivity index (χ3v) is 6.49. The number of terminal acetylenes is 1. The van der Waals surface area contributed by atoms with Gasteiger partial charge in [-0.25, -0.2) is 0 Å². The van der Waals surface area contributed by atoms with Gasteiger partial charge in [0.1, 0.15) is 5.76 Å². The molecule has 5 heteroatoms. The first-order valence-corrected chi connectivity index (χ1v) is 11.9. The summed E-state index contributed by atoms with van der Waals surface area (Å²) in [5.74, 6) is 2.47. The fourth-order valence-electron chi connectivity index (χ4n) is 4.14. The molecule has 0 spiro atoms. The molecule has 1 heterocycles. The second kappa shape index (κ2) is 9.54. The molecular formula is C30H21BrN2O2. The highest BCUT2D eigenvalue weighted by Crippen LogP contribution is 2.36. The largest absolute Gasteiger partial charge is 0.507 e. The number of halogens is 1. The van der Waals surface area contributed by atoms with Crippen LogP contribution < -0.4 is 10.2 Å². The molecule has 4 aromatic carbocycles. The Morgan fingerprint density at radius 2 is 1.43 bits per heavy atom. The highest BCUT2D eigenvalue weighted by Gasteiger charge is 2.24. The number of ketones is 1. The highest BCUT2D eigenvalue weighted by molar-refractivity contribution is 9.10. The molecule has 0 radical (unpaired) electrons. The summed E-state index contributed by atoms with van der Waals surface area (Å²) in [7, 11) is 0. The lowest BCUT2D eigenvalue weighted by atomic mass is 9.95. The van der Waals surface area contributed by atoms with Crippen molar-refractivity contribution >= 4 is 50.2 Å². The van der Waals surface area contributed by atoms with Gasteiger partial charge in [-0.15, -0.1) is 6.42 Å². The van der Waals surface area contributed by atoms with Crippen molar-refractivity contribution in [2.45, 2.75) is 0 Å². The smallest absolute Gasteiger partial charge is 0.194 e. The van der Waals surface area contributed by atoms with Gasteiger partial charge < -0.3 is 15.3 Å². The number of nitrogens with one attached hydrogen (secondary N) is 1. The molecule has 170 valence electrons. The van der Waals surface area contributed by atoms with Crippen LogP contribution in [0.15, 0.2) is 107 Å². The summed E-state index contributed by atoms with van der Waals surface area (Å²) in [4.78, 5) is 15.3. The van der Waals surface area contributed by atoms with Gasteiger partial charge in [0.2, 0.25) is 0 Å². The first kappa shape index (κ1) is 22.5. The van der Waals surface area contributed by atoms with Crippen molar-refractivity contribution in [3.05, 3.63) is 124 Å². The number of aliphatic hydroxyl groups excluding tert-OH is 1. The molecule has 0 saturated heterocycles. The predicted molar refractivity (Wildman–Crippen MR) is 146 cm³/mol. The van der Waals surface area contributed by atoms with E-state index in [1.807, 2.05) is 78.9 Å². The Morgan fingerprint density at radius 1 is 0.857 bits per heavy atom. The molecule has 0 saturated carbocycles. The SMILES string of the molecule is C#Cc1ccc(N(c2ccc(Br)cc2)c2ccc(C(=O)C3=C(O)c4ccccc4NC3)cc2)cc1. The van der Waals surface area contributed by atoms with E-state index in [1.165, 1.54) is 0 Å². The van der Waals surface area contributed by atoms with E-state index in [0.29, 0.717) is 16.7 Å². The molecule has 4 nitrogen and oxygen atoms in total. The Hall–Kier alpha value is -4.27. The Labute approximate surface area is 212 Å². The second-order valence-electron chi connectivity index (χ2n) is 8.11. The third kappa shape index (κ3) is 4.44. The van der Waals surface area contributed by atoms with Crippen LogP contribution in [0.2, 0.25) is 0 Å². The van der Waals surface area contributed by atoms with Crippen molar-refractivity contribution in [3.63, 3.8) is 0 Å². The van der Waals surface area contributed by atoms with Crippen LogP contribution in [0.4, 0.5) is 22.7 Å². The van der Waals surface area contributed by atoms with Crippen LogP contribution in [0.1, 0.15) is 21.5 Å². The summed E-state index contributed by atoms with van der Waals surface area (Å²) in [6, 6.07) is 30.6. The van der Waals surface area contributed by atoms with Crippen LogP contribution in [0.3, 0.4) is 0 Å². The molecule has 0 aromatic heterocycles. The van der Waals surface area contributed by atoms with Gasteiger partial charge in [0.25, 0.3) is 0 Å². The van der Waals surface area contributed by atoms with Crippen LogP contribution in [0.25, 0.3) is 5.76 Å². The number of carbonyl (C=O) groups is 1. The molecule has 0 fully saturated rings. The van der Waals surface area contributed by atoms with Crippen LogP contribution in [-0.4, -0.2) is 17.4 Å². The van der Waals surface area contributed by atoms with Crippen molar-refractivity contribution in [2.24, 2.45) is 0 Å². The molecular weight excluding hydrogens is 500 g/mol. The number of hydrogen-bond acceptors (Lipinski definition) is 4. The van der Waals surface area contributed by atoms with E-state index in [1.54, 1.807) is 18.2 Å². The summed E-state index contributed by atoms with van der Waals surface area (Å²) >= 11 is 3.50. The van der Waals surface area contributed by atoms with Gasteiger partial charge in [-0.1, -0.05) is 34.0 Å². The third-order valence-electron chi connectivity index (χ3n) is 5.96. The van der Waals surface area contributed by atoms with Crippen molar-refractivity contribution in [1.29, 1.82) is 0 Å². The fraction of sp³-hybridized carbons (Fsp3) is 0.0333. The number of benzene rings is 4. The number of hydrogen-bond donors (Lipinski definition) is 2. The van der Waals surface area contributed by atoms with Gasteiger partial charge in [0, 0.05) is 50.5 Å². The number of Topliss-reactive ketones (excluding diaryl/α,β-unsaturated/α-hetero) is 1. The number of aliphatic hydroxyl groups is 1. The van der Waals surface area contributed by atoms with Gasteiger partial charge >= 0.3 is 0 Å². The number of fused-ring (bicyclic) bond motifs is 1. The minimum Gasteiger partial charge on any atom is -0.507 e. The van der Waals surface area contributed by atoms with E-state index in [0.717, 1.165) is 32.8 Å². The van der Waals surface area contributed by atoms with Gasteiger partial charge in [0.05, 0.1) is 5.57 Å². The van der Waals surface area contributed by atoms with E-state index >= 15 is 0 Å². The zero-order valence-electron chi connectivity index (χ0n) is 18.7. The van der Waals surface area contributed by atoms with Crippen LogP contribution >= 0.6 is 15.9 Å². The topological polar surface area (TPSA) is 52.6 Å². The van der Waals surface area contributed by atoms with E-state index in [4.69, 9.17) is 6.42 Å². The van der Waals surface area contributed by atoms with E-state index < -0.39 is 0 Å². The van der Waals surface area contributed by atoms with E-state index in [2.05, 4.69) is 32.1 Å². The lowest BCUT2D eigenvalue weighted by Gasteiger charge is -2.26. The zero-order valence-corrected chi connectivity index (χ0v) is 20.3. The molecule has 4 aromatic rings. The number of para-hydroxylation sites is 1. The quantitative estimate of drug-likeness (QED) is 0.211. The minimum atomic E-state index is -0.204. The average molecular weight is 521 g/mol. The minimum absolute atomic E-state index is 0.0264. The molecule has 0 aliphatic carbocycles. The molecule has 0 atom stereocenters. The standard InChI is InChI=1S/C30H21BrN2O2/c1-2-20-7-13-23(14-8-20)33(25-17-11-22(31)12-18-25)24-15-9-21(10-16-24)29(34)27-19-32-28-6-4-3-5-26(28)30(27)35/h1,3-18,32,35H,19H2. The Kier molecular flexibility index (Phi) is 6.13. The van der Waals surface area contributed by atoms with Gasteiger partial charge in [-0.05, 0) is 84.9 Å². The monoisotopic (exact) mass is 520 g/mol. The first-order chi connectivity index (χ1) is 17.0. The maximum Gasteiger partial charge on any atom is 0.194 e. The molecule has 1 aliphatic rings. The summed E-state index contributed by atoms with van der Waals surface area (Å²) in [5, 5.41) is 14.0. The van der Waals surface area contributed by atoms with Crippen LogP contribution in [0.5, 0.6) is 0 Å². The summed E-state index contributed by atoms with van der Waals surface area (Å²) in [6.45, 7) is 0.274. The molecule has 5 rings (SSSR count). The van der Waals surface area contributed by atoms with E-state index in [-0.39, 0.29) is 18.1 Å². The van der Waals surface area contributed by atoms with Crippen molar-refractivity contribution in [3.8, 4) is 12.3 Å². The zero-order chi connectivity index (χ0) is 24.4. The molecule has 0 unspecified atom stereocenters. The number of rotatable bonds is 5. The molecule has 0 bridgehead atoms. The van der Waals surface area contributed by atoms with Crippen molar-refractivity contribution in [1.82, 2.24) is 0 Å². The maximum atomic E-state index is 13.3. The normalized spacial score (nSPS) is 12.3. The second-order valence-corrected chi connectivity index (χ2v) is 9.02. The van der Waals surface area contributed by atoms with E-state index in [9.17, 15) is 9.90 Å². The number of nitrogens with zero attached hydrogens (tertiary/aromatic N) is 1. The molecule has 0 amide bonds. The summed E-state index contributed by atoms with van der Waals surface area (Å²) in [6.07, 6.45) is 5.53. The Bertz CT molecular complexity index is 1470. The molecule has 1 aliphatic heterocycles. The Morgan fingerprint density at radius 3 is 2.06 bits per heavy atom.